The number of ether oxygens (including phenoxy) is 1. The summed E-state index contributed by atoms with van der Waals surface area (Å²) in [5.74, 6) is 0.0547. The molecule has 1 aromatic carbocycles. The third-order valence-electron chi connectivity index (χ3n) is 2.43. The second-order valence-electron chi connectivity index (χ2n) is 3.86. The van der Waals surface area contributed by atoms with E-state index in [0.29, 0.717) is 11.0 Å². The molecule has 2 aromatic rings. The van der Waals surface area contributed by atoms with Crippen LogP contribution in [0.15, 0.2) is 33.9 Å². The fourth-order valence-electron chi connectivity index (χ4n) is 1.40. The summed E-state index contributed by atoms with van der Waals surface area (Å²) in [7, 11) is 1.76. The van der Waals surface area contributed by atoms with Crippen LogP contribution in [0.3, 0.4) is 0 Å². The quantitative estimate of drug-likeness (QED) is 0.718. The van der Waals surface area contributed by atoms with E-state index >= 15 is 0 Å². The third kappa shape index (κ3) is 3.97. The summed E-state index contributed by atoms with van der Waals surface area (Å²) >= 11 is 4.41. The van der Waals surface area contributed by atoms with Crippen molar-refractivity contribution in [1.29, 1.82) is 0 Å². The molecule has 1 heterocycles. The molecule has 0 fully saturated rings. The maximum Gasteiger partial charge on any atom is 0.191 e. The van der Waals surface area contributed by atoms with E-state index in [9.17, 15) is 9.90 Å². The smallest absolute Gasteiger partial charge is 0.191 e. The number of carboxylic acid groups (broad SMARTS) is 1. The lowest BCUT2D eigenvalue weighted by Crippen LogP contribution is -2.24. The summed E-state index contributed by atoms with van der Waals surface area (Å²) in [6.45, 7) is 0.261. The fourth-order valence-corrected chi connectivity index (χ4v) is 2.31. The molecular weight excluding hydrogens is 346 g/mol. The number of carbonyl (C=O) groups is 1. The van der Waals surface area contributed by atoms with Gasteiger partial charge in [0.15, 0.2) is 11.0 Å². The minimum atomic E-state index is -1.13. The average molecular weight is 357 g/mol. The molecule has 0 saturated heterocycles. The molecule has 0 aliphatic heterocycles. The molecule has 0 atom stereocenters. The summed E-state index contributed by atoms with van der Waals surface area (Å²) in [4.78, 5) is 10.4. The summed E-state index contributed by atoms with van der Waals surface area (Å²) in [5, 5.41) is 18.8. The van der Waals surface area contributed by atoms with E-state index in [4.69, 9.17) is 4.74 Å². The van der Waals surface area contributed by atoms with Crippen LogP contribution >= 0.6 is 27.7 Å². The van der Waals surface area contributed by atoms with Gasteiger partial charge < -0.3 is 19.2 Å². The second-order valence-corrected chi connectivity index (χ2v) is 5.72. The van der Waals surface area contributed by atoms with Crippen molar-refractivity contribution < 1.29 is 14.6 Å². The molecule has 2 rings (SSSR count). The van der Waals surface area contributed by atoms with Gasteiger partial charge in [0.1, 0.15) is 12.4 Å². The Hall–Kier alpha value is -1.54. The summed E-state index contributed by atoms with van der Waals surface area (Å²) < 4.78 is 8.26. The molecule has 1 aromatic heterocycles. The lowest BCUT2D eigenvalue weighted by molar-refractivity contribution is -0.301. The number of hydrogen-bond acceptors (Lipinski definition) is 6. The van der Waals surface area contributed by atoms with Crippen molar-refractivity contribution in [3.8, 4) is 5.75 Å². The number of carbonyl (C=O) groups excluding carboxylic acids is 1. The minimum Gasteiger partial charge on any atom is -0.549 e. The predicted molar refractivity (Wildman–Crippen MR) is 75.2 cm³/mol. The van der Waals surface area contributed by atoms with Crippen LogP contribution in [0, 0.1) is 0 Å². The summed E-state index contributed by atoms with van der Waals surface area (Å²) in [6.07, 6.45) is 0. The molecule has 0 spiro atoms. The first-order valence-corrected chi connectivity index (χ1v) is 7.43. The van der Waals surface area contributed by atoms with Gasteiger partial charge in [-0.3, -0.25) is 0 Å². The Kier molecular flexibility index (Phi) is 5.02. The van der Waals surface area contributed by atoms with Crippen LogP contribution in [-0.2, 0) is 18.4 Å². The SMILES string of the molecule is Cn1c(COc2ccc(Br)cc2)nnc1SCC(=O)[O-]. The molecule has 0 bridgehead atoms. The Morgan fingerprint density at radius 1 is 1.40 bits per heavy atom. The van der Waals surface area contributed by atoms with Gasteiger partial charge in [-0.05, 0) is 24.3 Å². The highest BCUT2D eigenvalue weighted by atomic mass is 79.9. The zero-order valence-corrected chi connectivity index (χ0v) is 13.0. The lowest BCUT2D eigenvalue weighted by Gasteiger charge is -2.06. The largest absolute Gasteiger partial charge is 0.549 e. The lowest BCUT2D eigenvalue weighted by atomic mass is 10.3. The van der Waals surface area contributed by atoms with Crippen molar-refractivity contribution in [3.63, 3.8) is 0 Å². The van der Waals surface area contributed by atoms with Crippen molar-refractivity contribution in [2.75, 3.05) is 5.75 Å². The number of halogens is 1. The molecule has 8 heteroatoms. The molecule has 0 N–H and O–H groups in total. The van der Waals surface area contributed by atoms with Crippen molar-refractivity contribution >= 4 is 33.7 Å². The van der Waals surface area contributed by atoms with Crippen molar-refractivity contribution in [1.82, 2.24) is 14.8 Å². The highest BCUT2D eigenvalue weighted by Crippen LogP contribution is 2.18. The van der Waals surface area contributed by atoms with Crippen LogP contribution in [0.2, 0.25) is 0 Å². The van der Waals surface area contributed by atoms with Crippen molar-refractivity contribution in [3.05, 3.63) is 34.6 Å². The molecule has 0 aliphatic carbocycles. The van der Waals surface area contributed by atoms with Gasteiger partial charge in [0.25, 0.3) is 0 Å². The van der Waals surface area contributed by atoms with Crippen molar-refractivity contribution in [2.45, 2.75) is 11.8 Å². The monoisotopic (exact) mass is 356 g/mol. The van der Waals surface area contributed by atoms with E-state index in [2.05, 4.69) is 26.1 Å². The van der Waals surface area contributed by atoms with Crippen LogP contribution in [0.1, 0.15) is 5.82 Å². The van der Waals surface area contributed by atoms with Crippen LogP contribution in [0.4, 0.5) is 0 Å². The molecular formula is C12H11BrN3O3S-. The number of thioether (sulfide) groups is 1. The van der Waals surface area contributed by atoms with Crippen LogP contribution < -0.4 is 9.84 Å². The highest BCUT2D eigenvalue weighted by Gasteiger charge is 2.09. The number of benzene rings is 1. The number of aliphatic carboxylic acids is 1. The molecule has 0 amide bonds. The highest BCUT2D eigenvalue weighted by molar-refractivity contribution is 9.10. The van der Waals surface area contributed by atoms with E-state index in [1.807, 2.05) is 24.3 Å². The van der Waals surface area contributed by atoms with Gasteiger partial charge in [0.2, 0.25) is 0 Å². The average Bonchev–Trinajstić information content (AvgIpc) is 2.77. The number of nitrogens with zero attached hydrogens (tertiary/aromatic N) is 3. The summed E-state index contributed by atoms with van der Waals surface area (Å²) in [6, 6.07) is 7.44. The Bertz CT molecular complexity index is 600. The predicted octanol–water partition coefficient (Wildman–Crippen LogP) is 0.999. The zero-order chi connectivity index (χ0) is 14.5. The van der Waals surface area contributed by atoms with E-state index in [0.717, 1.165) is 22.0 Å². The maximum atomic E-state index is 10.4. The first-order chi connectivity index (χ1) is 9.56. The van der Waals surface area contributed by atoms with Gasteiger partial charge in [-0.1, -0.05) is 27.7 Å². The molecule has 0 aliphatic rings. The van der Waals surface area contributed by atoms with Crippen LogP contribution in [0.5, 0.6) is 5.75 Å². The van der Waals surface area contributed by atoms with Crippen LogP contribution in [-0.4, -0.2) is 26.5 Å². The normalized spacial score (nSPS) is 10.5. The molecule has 0 radical (unpaired) electrons. The number of hydrogen-bond donors (Lipinski definition) is 0. The van der Waals surface area contributed by atoms with Gasteiger partial charge in [-0.25, -0.2) is 0 Å². The molecule has 20 heavy (non-hydrogen) atoms. The minimum absolute atomic E-state index is 0.153. The summed E-state index contributed by atoms with van der Waals surface area (Å²) in [5.41, 5.74) is 0. The van der Waals surface area contributed by atoms with Gasteiger partial charge in [0, 0.05) is 17.3 Å². The maximum absolute atomic E-state index is 10.4. The van der Waals surface area contributed by atoms with Gasteiger partial charge in [0.05, 0.1) is 5.97 Å². The molecule has 0 saturated carbocycles. The fraction of sp³-hybridized carbons (Fsp3) is 0.250. The van der Waals surface area contributed by atoms with E-state index in [-0.39, 0.29) is 12.4 Å². The first-order valence-electron chi connectivity index (χ1n) is 5.65. The third-order valence-corrected chi connectivity index (χ3v) is 3.95. The standard InChI is InChI=1S/C12H12BrN3O3S/c1-16-10(14-15-12(16)20-7-11(17)18)6-19-9-4-2-8(13)3-5-9/h2-5H,6-7H2,1H3,(H,17,18)/p-1. The number of rotatable bonds is 6. The Morgan fingerprint density at radius 2 is 2.10 bits per heavy atom. The molecule has 6 nitrogen and oxygen atoms in total. The van der Waals surface area contributed by atoms with E-state index in [1.54, 1.807) is 11.6 Å². The Balaban J connectivity index is 1.96. The van der Waals surface area contributed by atoms with E-state index in [1.165, 1.54) is 0 Å². The Labute approximate surface area is 128 Å². The topological polar surface area (TPSA) is 80.1 Å². The second kappa shape index (κ2) is 6.76. The Morgan fingerprint density at radius 3 is 2.75 bits per heavy atom. The first kappa shape index (κ1) is 14.9. The van der Waals surface area contributed by atoms with E-state index < -0.39 is 5.97 Å². The van der Waals surface area contributed by atoms with Crippen LogP contribution in [0.25, 0.3) is 0 Å². The van der Waals surface area contributed by atoms with Gasteiger partial charge in [-0.15, -0.1) is 10.2 Å². The number of carboxylic acids is 1. The van der Waals surface area contributed by atoms with Gasteiger partial charge >= 0.3 is 0 Å². The molecule has 0 unspecified atom stereocenters. The molecule has 106 valence electrons. The van der Waals surface area contributed by atoms with Crippen molar-refractivity contribution in [2.24, 2.45) is 7.05 Å². The number of aromatic nitrogens is 3. The van der Waals surface area contributed by atoms with Gasteiger partial charge in [-0.2, -0.15) is 0 Å². The zero-order valence-electron chi connectivity index (χ0n) is 10.6.